The molecule has 4 heterocycles. The summed E-state index contributed by atoms with van der Waals surface area (Å²) in [4.78, 5) is 0. The summed E-state index contributed by atoms with van der Waals surface area (Å²) in [6.45, 7) is 13.4. The Morgan fingerprint density at radius 3 is 2.31 bits per heavy atom. The van der Waals surface area contributed by atoms with Crippen molar-refractivity contribution >= 4 is 11.0 Å². The van der Waals surface area contributed by atoms with Gasteiger partial charge in [0.1, 0.15) is 0 Å². The monoisotopic (exact) mass is 346 g/mol. The fourth-order valence-electron chi connectivity index (χ4n) is 3.37. The van der Waals surface area contributed by atoms with Gasteiger partial charge in [-0.05, 0) is 52.3 Å². The zero-order valence-electron chi connectivity index (χ0n) is 16.4. The summed E-state index contributed by atoms with van der Waals surface area (Å²) in [6, 6.07) is 10.9. The molecule has 0 aliphatic carbocycles. The van der Waals surface area contributed by atoms with Crippen molar-refractivity contribution in [3.8, 4) is 11.3 Å². The lowest BCUT2D eigenvalue weighted by molar-refractivity contribution is 0.589. The smallest absolute Gasteiger partial charge is 0.0949 e. The summed E-state index contributed by atoms with van der Waals surface area (Å²) in [6.07, 6.45) is 5.97. The first kappa shape index (κ1) is 16.8. The molecule has 0 atom stereocenters. The topological polar surface area (TPSA) is 34.6 Å². The van der Waals surface area contributed by atoms with Crippen LogP contribution < -0.4 is 0 Å². The van der Waals surface area contributed by atoms with E-state index < -0.39 is 0 Å². The Morgan fingerprint density at radius 1 is 0.846 bits per heavy atom. The normalized spacial score (nSPS) is 13.0. The highest BCUT2D eigenvalue weighted by molar-refractivity contribution is 5.70. The summed E-state index contributed by atoms with van der Waals surface area (Å²) < 4.78 is 3.91. The van der Waals surface area contributed by atoms with Gasteiger partial charge < -0.3 is 0 Å². The maximum Gasteiger partial charge on any atom is 0.0949 e. The van der Waals surface area contributed by atoms with Crippen molar-refractivity contribution in [1.29, 1.82) is 0 Å². The Hall–Kier alpha value is -2.62. The molecule has 0 amide bonds. The van der Waals surface area contributed by atoms with Gasteiger partial charge in [-0.25, -0.2) is 9.03 Å². The van der Waals surface area contributed by atoms with Gasteiger partial charge in [0.2, 0.25) is 0 Å². The number of fused-ring (bicyclic) bond motifs is 2. The maximum atomic E-state index is 4.80. The van der Waals surface area contributed by atoms with Crippen LogP contribution in [0.5, 0.6) is 0 Å². The number of rotatable bonds is 1. The third-order valence-electron chi connectivity index (χ3n) is 4.94. The van der Waals surface area contributed by atoms with E-state index in [0.29, 0.717) is 0 Å². The molecule has 0 aliphatic heterocycles. The van der Waals surface area contributed by atoms with E-state index in [1.807, 2.05) is 15.2 Å². The molecule has 4 heteroatoms. The van der Waals surface area contributed by atoms with Crippen molar-refractivity contribution in [2.75, 3.05) is 0 Å². The van der Waals surface area contributed by atoms with Crippen LogP contribution in [0.15, 0.2) is 48.9 Å². The summed E-state index contributed by atoms with van der Waals surface area (Å²) in [5.41, 5.74) is 7.08. The maximum absolute atomic E-state index is 4.80. The van der Waals surface area contributed by atoms with E-state index in [9.17, 15) is 0 Å². The standard InChI is InChI=1S/C22H26N4/c1-21(2,3)16-8-10-25-17(12-16)13-19(24-25)15-11-18(22(4,5)6)20-7-9-23-26(20)14-15/h7-14H,1-6H3. The second kappa shape index (κ2) is 5.44. The van der Waals surface area contributed by atoms with Gasteiger partial charge in [0.15, 0.2) is 0 Å². The third kappa shape index (κ3) is 2.79. The van der Waals surface area contributed by atoms with Gasteiger partial charge in [-0.3, -0.25) is 0 Å². The van der Waals surface area contributed by atoms with E-state index in [1.54, 1.807) is 0 Å². The van der Waals surface area contributed by atoms with Gasteiger partial charge >= 0.3 is 0 Å². The summed E-state index contributed by atoms with van der Waals surface area (Å²) in [7, 11) is 0. The average molecular weight is 346 g/mol. The second-order valence-corrected chi connectivity index (χ2v) is 9.12. The first-order valence-corrected chi connectivity index (χ1v) is 9.11. The van der Waals surface area contributed by atoms with Crippen LogP contribution in [-0.4, -0.2) is 19.2 Å². The summed E-state index contributed by atoms with van der Waals surface area (Å²) in [5.74, 6) is 0. The molecule has 0 aromatic carbocycles. The van der Waals surface area contributed by atoms with Crippen LogP contribution >= 0.6 is 0 Å². The van der Waals surface area contributed by atoms with Crippen molar-refractivity contribution in [2.45, 2.75) is 52.4 Å². The lowest BCUT2D eigenvalue weighted by Crippen LogP contribution is -2.13. The zero-order valence-corrected chi connectivity index (χ0v) is 16.4. The lowest BCUT2D eigenvalue weighted by atomic mass is 9.86. The summed E-state index contributed by atoms with van der Waals surface area (Å²) in [5, 5.41) is 9.26. The molecular weight excluding hydrogens is 320 g/mol. The molecule has 0 bridgehead atoms. The molecular formula is C22H26N4. The van der Waals surface area contributed by atoms with Crippen molar-refractivity contribution in [3.05, 3.63) is 60.0 Å². The van der Waals surface area contributed by atoms with E-state index >= 15 is 0 Å². The quantitative estimate of drug-likeness (QED) is 0.472. The number of hydrogen-bond acceptors (Lipinski definition) is 2. The zero-order chi connectivity index (χ0) is 18.7. The largest absolute Gasteiger partial charge is 0.240 e. The fraction of sp³-hybridized carbons (Fsp3) is 0.364. The van der Waals surface area contributed by atoms with Crippen molar-refractivity contribution < 1.29 is 0 Å². The van der Waals surface area contributed by atoms with Gasteiger partial charge in [-0.15, -0.1) is 0 Å². The molecule has 0 N–H and O–H groups in total. The van der Waals surface area contributed by atoms with E-state index in [-0.39, 0.29) is 10.8 Å². The molecule has 0 saturated heterocycles. The first-order valence-electron chi connectivity index (χ1n) is 9.11. The molecule has 0 spiro atoms. The molecule has 4 aromatic heterocycles. The molecule has 134 valence electrons. The molecule has 0 aliphatic rings. The van der Waals surface area contributed by atoms with Crippen molar-refractivity contribution in [3.63, 3.8) is 0 Å². The minimum atomic E-state index is 0.0376. The fourth-order valence-corrected chi connectivity index (χ4v) is 3.37. The van der Waals surface area contributed by atoms with Gasteiger partial charge in [0.25, 0.3) is 0 Å². The van der Waals surface area contributed by atoms with Crippen LogP contribution in [0, 0.1) is 0 Å². The van der Waals surface area contributed by atoms with Crippen LogP contribution in [0.3, 0.4) is 0 Å². The summed E-state index contributed by atoms with van der Waals surface area (Å²) >= 11 is 0. The van der Waals surface area contributed by atoms with Crippen molar-refractivity contribution in [2.24, 2.45) is 0 Å². The highest BCUT2D eigenvalue weighted by atomic mass is 15.2. The number of nitrogens with zero attached hydrogens (tertiary/aromatic N) is 4. The Balaban J connectivity index is 1.90. The predicted octanol–water partition coefficient (Wildman–Crippen LogP) is 5.24. The van der Waals surface area contributed by atoms with Gasteiger partial charge in [-0.1, -0.05) is 41.5 Å². The van der Waals surface area contributed by atoms with Gasteiger partial charge in [0, 0.05) is 24.2 Å². The van der Waals surface area contributed by atoms with E-state index in [0.717, 1.165) is 22.3 Å². The predicted molar refractivity (Wildman–Crippen MR) is 107 cm³/mol. The Labute approximate surface area is 154 Å². The molecule has 4 nitrogen and oxygen atoms in total. The van der Waals surface area contributed by atoms with Crippen molar-refractivity contribution in [1.82, 2.24) is 19.2 Å². The Bertz CT molecular complexity index is 1100. The lowest BCUT2D eigenvalue weighted by Gasteiger charge is -2.21. The van der Waals surface area contributed by atoms with E-state index in [1.165, 1.54) is 11.1 Å². The van der Waals surface area contributed by atoms with Crippen LogP contribution in [0.1, 0.15) is 52.7 Å². The molecule has 0 saturated carbocycles. The molecule has 4 aromatic rings. The highest BCUT2D eigenvalue weighted by Crippen LogP contribution is 2.31. The van der Waals surface area contributed by atoms with Gasteiger partial charge in [0.05, 0.1) is 16.7 Å². The Morgan fingerprint density at radius 2 is 1.62 bits per heavy atom. The van der Waals surface area contributed by atoms with Crippen LogP contribution in [-0.2, 0) is 10.8 Å². The van der Waals surface area contributed by atoms with Crippen LogP contribution in [0.2, 0.25) is 0 Å². The van der Waals surface area contributed by atoms with E-state index in [2.05, 4.69) is 89.4 Å². The molecule has 4 rings (SSSR count). The molecule has 26 heavy (non-hydrogen) atoms. The second-order valence-electron chi connectivity index (χ2n) is 9.12. The van der Waals surface area contributed by atoms with Gasteiger partial charge in [-0.2, -0.15) is 10.2 Å². The number of aromatic nitrogens is 4. The molecule has 0 unspecified atom stereocenters. The van der Waals surface area contributed by atoms with E-state index in [4.69, 9.17) is 5.10 Å². The Kier molecular flexibility index (Phi) is 3.52. The first-order chi connectivity index (χ1) is 12.1. The minimum Gasteiger partial charge on any atom is -0.240 e. The van der Waals surface area contributed by atoms with Crippen LogP contribution in [0.4, 0.5) is 0 Å². The molecule has 0 fully saturated rings. The average Bonchev–Trinajstić information content (AvgIpc) is 3.17. The number of pyridine rings is 2. The molecule has 0 radical (unpaired) electrons. The minimum absolute atomic E-state index is 0.0376. The third-order valence-corrected chi connectivity index (χ3v) is 4.94. The number of hydrogen-bond donors (Lipinski definition) is 0. The highest BCUT2D eigenvalue weighted by Gasteiger charge is 2.20. The van der Waals surface area contributed by atoms with Crippen LogP contribution in [0.25, 0.3) is 22.3 Å². The SMILES string of the molecule is CC(C)(C)c1ccn2nc(-c3cc(C(C)(C)C)c4ccnn4c3)cc2c1.